The molecule has 2 N–H and O–H groups in total. The Morgan fingerprint density at radius 3 is 2.12 bits per heavy atom. The van der Waals surface area contributed by atoms with Crippen LogP contribution in [-0.4, -0.2) is 56.0 Å². The first-order valence-electron chi connectivity index (χ1n) is 8.82. The lowest BCUT2D eigenvalue weighted by Crippen LogP contribution is -2.46. The van der Waals surface area contributed by atoms with E-state index < -0.39 is 11.5 Å². The third kappa shape index (κ3) is 5.46. The lowest BCUT2D eigenvalue weighted by molar-refractivity contribution is -0.131. The summed E-state index contributed by atoms with van der Waals surface area (Å²) in [7, 11) is 2.13. The topological polar surface area (TPSA) is 64.7 Å². The van der Waals surface area contributed by atoms with Gasteiger partial charge < -0.3 is 20.4 Å². The van der Waals surface area contributed by atoms with Crippen LogP contribution in [-0.2, 0) is 9.59 Å². The first kappa shape index (κ1) is 19.2. The molecule has 138 valence electrons. The standard InChI is InChI=1S/C19H30N4O2/c1-14(20-18(25)19(2,3)4)17(24)21-15-6-8-16(9-7-15)23-12-10-22(5)11-13-23/h6-9,14H,10-13H2,1-5H3,(H,20,25)(H,21,24). The fourth-order valence-electron chi connectivity index (χ4n) is 2.55. The number of piperazine rings is 1. The summed E-state index contributed by atoms with van der Waals surface area (Å²) in [6.45, 7) is 11.3. The lowest BCUT2D eigenvalue weighted by atomic mass is 9.95. The number of anilines is 2. The highest BCUT2D eigenvalue weighted by molar-refractivity contribution is 5.97. The van der Waals surface area contributed by atoms with E-state index in [1.165, 1.54) is 5.69 Å². The van der Waals surface area contributed by atoms with Gasteiger partial charge >= 0.3 is 0 Å². The van der Waals surface area contributed by atoms with Gasteiger partial charge in [0.15, 0.2) is 0 Å². The number of hydrogen-bond donors (Lipinski definition) is 2. The molecule has 0 bridgehead atoms. The second kappa shape index (κ2) is 7.87. The summed E-state index contributed by atoms with van der Waals surface area (Å²) < 4.78 is 0. The molecular weight excluding hydrogens is 316 g/mol. The third-order valence-electron chi connectivity index (χ3n) is 4.43. The molecule has 1 atom stereocenters. The normalized spacial score (nSPS) is 17.1. The van der Waals surface area contributed by atoms with Crippen molar-refractivity contribution in [2.75, 3.05) is 43.4 Å². The maximum absolute atomic E-state index is 12.3. The van der Waals surface area contributed by atoms with Crippen LogP contribution in [0.2, 0.25) is 0 Å². The summed E-state index contributed by atoms with van der Waals surface area (Å²) in [6.07, 6.45) is 0. The highest BCUT2D eigenvalue weighted by Crippen LogP contribution is 2.19. The van der Waals surface area contributed by atoms with Gasteiger partial charge in [0.05, 0.1) is 0 Å². The molecule has 2 amide bonds. The monoisotopic (exact) mass is 346 g/mol. The van der Waals surface area contributed by atoms with Crippen molar-refractivity contribution in [2.24, 2.45) is 5.41 Å². The highest BCUT2D eigenvalue weighted by atomic mass is 16.2. The fraction of sp³-hybridized carbons (Fsp3) is 0.579. The van der Waals surface area contributed by atoms with Crippen molar-refractivity contribution >= 4 is 23.2 Å². The van der Waals surface area contributed by atoms with Crippen molar-refractivity contribution in [1.29, 1.82) is 0 Å². The van der Waals surface area contributed by atoms with Gasteiger partial charge in [0.25, 0.3) is 0 Å². The van der Waals surface area contributed by atoms with Crippen molar-refractivity contribution in [3.63, 3.8) is 0 Å². The first-order valence-corrected chi connectivity index (χ1v) is 8.82. The van der Waals surface area contributed by atoms with Gasteiger partial charge in [-0.15, -0.1) is 0 Å². The van der Waals surface area contributed by atoms with Crippen molar-refractivity contribution in [1.82, 2.24) is 10.2 Å². The molecule has 6 nitrogen and oxygen atoms in total. The minimum atomic E-state index is -0.580. The molecule has 1 aliphatic rings. The Hall–Kier alpha value is -2.08. The predicted molar refractivity (Wildman–Crippen MR) is 102 cm³/mol. The van der Waals surface area contributed by atoms with E-state index in [1.807, 2.05) is 45.0 Å². The third-order valence-corrected chi connectivity index (χ3v) is 4.43. The molecule has 1 aliphatic heterocycles. The van der Waals surface area contributed by atoms with E-state index in [1.54, 1.807) is 6.92 Å². The Morgan fingerprint density at radius 2 is 1.60 bits per heavy atom. The lowest BCUT2D eigenvalue weighted by Gasteiger charge is -2.34. The van der Waals surface area contributed by atoms with Crippen LogP contribution in [0, 0.1) is 5.41 Å². The molecule has 1 heterocycles. The summed E-state index contributed by atoms with van der Waals surface area (Å²) in [6, 6.07) is 7.29. The van der Waals surface area contributed by atoms with Crippen molar-refractivity contribution in [3.8, 4) is 0 Å². The second-order valence-corrected chi connectivity index (χ2v) is 7.77. The van der Waals surface area contributed by atoms with Gasteiger partial charge in [-0.3, -0.25) is 9.59 Å². The Morgan fingerprint density at radius 1 is 1.04 bits per heavy atom. The Kier molecular flexibility index (Phi) is 6.06. The Bertz CT molecular complexity index is 599. The molecule has 0 aromatic heterocycles. The molecule has 0 spiro atoms. The molecule has 25 heavy (non-hydrogen) atoms. The van der Waals surface area contributed by atoms with Crippen LogP contribution in [0.15, 0.2) is 24.3 Å². The Balaban J connectivity index is 1.90. The maximum Gasteiger partial charge on any atom is 0.246 e. The van der Waals surface area contributed by atoms with Crippen molar-refractivity contribution in [2.45, 2.75) is 33.7 Å². The number of nitrogens with zero attached hydrogens (tertiary/aromatic N) is 2. The average molecular weight is 346 g/mol. The van der Waals surface area contributed by atoms with Crippen LogP contribution in [0.1, 0.15) is 27.7 Å². The molecule has 2 rings (SSSR count). The number of hydrogen-bond acceptors (Lipinski definition) is 4. The molecule has 6 heteroatoms. The average Bonchev–Trinajstić information content (AvgIpc) is 2.55. The van der Waals surface area contributed by atoms with Gasteiger partial charge in [0.2, 0.25) is 11.8 Å². The number of likely N-dealkylation sites (N-methyl/N-ethyl adjacent to an activating group) is 1. The molecule has 1 aromatic carbocycles. The number of rotatable bonds is 4. The van der Waals surface area contributed by atoms with E-state index in [-0.39, 0.29) is 11.8 Å². The summed E-state index contributed by atoms with van der Waals surface area (Å²) in [5.41, 5.74) is 1.39. The first-order chi connectivity index (χ1) is 11.7. The summed E-state index contributed by atoms with van der Waals surface area (Å²) in [5.74, 6) is -0.356. The van der Waals surface area contributed by atoms with Gasteiger partial charge in [-0.25, -0.2) is 0 Å². The van der Waals surface area contributed by atoms with E-state index >= 15 is 0 Å². The number of carbonyl (C=O) groups is 2. The fourth-order valence-corrected chi connectivity index (χ4v) is 2.55. The minimum absolute atomic E-state index is 0.138. The number of nitrogens with one attached hydrogen (secondary N) is 2. The molecule has 1 saturated heterocycles. The number of benzene rings is 1. The van der Waals surface area contributed by atoms with Crippen LogP contribution in [0.25, 0.3) is 0 Å². The van der Waals surface area contributed by atoms with E-state index in [0.29, 0.717) is 0 Å². The van der Waals surface area contributed by atoms with Gasteiger partial charge in [0.1, 0.15) is 6.04 Å². The van der Waals surface area contributed by atoms with Gasteiger partial charge in [-0.2, -0.15) is 0 Å². The smallest absolute Gasteiger partial charge is 0.246 e. The zero-order valence-corrected chi connectivity index (χ0v) is 15.9. The molecule has 0 radical (unpaired) electrons. The van der Waals surface area contributed by atoms with E-state index in [2.05, 4.69) is 27.5 Å². The van der Waals surface area contributed by atoms with Crippen molar-refractivity contribution < 1.29 is 9.59 Å². The van der Waals surface area contributed by atoms with E-state index in [9.17, 15) is 9.59 Å². The van der Waals surface area contributed by atoms with Gasteiger partial charge in [-0.05, 0) is 38.2 Å². The molecule has 0 saturated carbocycles. The quantitative estimate of drug-likeness (QED) is 0.874. The molecular formula is C19H30N4O2. The van der Waals surface area contributed by atoms with Crippen LogP contribution < -0.4 is 15.5 Å². The van der Waals surface area contributed by atoms with Gasteiger partial charge in [-0.1, -0.05) is 20.8 Å². The second-order valence-electron chi connectivity index (χ2n) is 7.77. The molecule has 1 fully saturated rings. The molecule has 0 aliphatic carbocycles. The summed E-state index contributed by atoms with van der Waals surface area (Å²) in [5, 5.41) is 5.60. The van der Waals surface area contributed by atoms with Crippen LogP contribution in [0.4, 0.5) is 11.4 Å². The van der Waals surface area contributed by atoms with Crippen LogP contribution >= 0.6 is 0 Å². The van der Waals surface area contributed by atoms with Crippen LogP contribution in [0.5, 0.6) is 0 Å². The van der Waals surface area contributed by atoms with E-state index in [4.69, 9.17) is 0 Å². The van der Waals surface area contributed by atoms with Crippen molar-refractivity contribution in [3.05, 3.63) is 24.3 Å². The SMILES string of the molecule is CC(NC(=O)C(C)(C)C)C(=O)Nc1ccc(N2CCN(C)CC2)cc1. The predicted octanol–water partition coefficient (Wildman–Crippen LogP) is 1.93. The summed E-state index contributed by atoms with van der Waals surface area (Å²) >= 11 is 0. The van der Waals surface area contributed by atoms with E-state index in [0.717, 1.165) is 31.9 Å². The maximum atomic E-state index is 12.3. The largest absolute Gasteiger partial charge is 0.369 e. The minimum Gasteiger partial charge on any atom is -0.369 e. The highest BCUT2D eigenvalue weighted by Gasteiger charge is 2.25. The number of carbonyl (C=O) groups excluding carboxylic acids is 2. The zero-order chi connectivity index (χ0) is 18.6. The molecule has 1 unspecified atom stereocenters. The van der Waals surface area contributed by atoms with Gasteiger partial charge in [0, 0.05) is 43.0 Å². The number of amides is 2. The Labute approximate surface area is 150 Å². The van der Waals surface area contributed by atoms with Crippen LogP contribution in [0.3, 0.4) is 0 Å². The molecule has 1 aromatic rings. The zero-order valence-electron chi connectivity index (χ0n) is 15.9. The summed E-state index contributed by atoms with van der Waals surface area (Å²) in [4.78, 5) is 28.9.